The molecule has 1 heterocycles. The van der Waals surface area contributed by atoms with Gasteiger partial charge in [0.15, 0.2) is 0 Å². The summed E-state index contributed by atoms with van der Waals surface area (Å²) in [5.41, 5.74) is 1.88. The van der Waals surface area contributed by atoms with Gasteiger partial charge in [0, 0.05) is 11.6 Å². The highest BCUT2D eigenvalue weighted by Crippen LogP contribution is 2.25. The van der Waals surface area contributed by atoms with Gasteiger partial charge in [-0.1, -0.05) is 6.08 Å². The van der Waals surface area contributed by atoms with Crippen molar-refractivity contribution >= 4 is 6.08 Å². The molecule has 0 saturated carbocycles. The minimum atomic E-state index is -0.345. The molecule has 0 aliphatic rings. The number of halogens is 1. The molecule has 0 radical (unpaired) electrons. The first-order valence-corrected chi connectivity index (χ1v) is 5.26. The summed E-state index contributed by atoms with van der Waals surface area (Å²) in [6.07, 6.45) is 3.76. The largest absolute Gasteiger partial charge is 0.497 e. The molecule has 1 aromatic carbocycles. The van der Waals surface area contributed by atoms with Crippen LogP contribution < -0.4 is 4.74 Å². The van der Waals surface area contributed by atoms with Crippen molar-refractivity contribution in [1.29, 1.82) is 0 Å². The Kier molecular flexibility index (Phi) is 3.23. The molecule has 2 aromatic rings. The number of hydrogen-bond acceptors (Lipinski definition) is 2. The average molecular weight is 232 g/mol. The zero-order chi connectivity index (χ0) is 12.3. The first-order chi connectivity index (χ1) is 8.24. The lowest BCUT2D eigenvalue weighted by molar-refractivity contribution is 0.411. The lowest BCUT2D eigenvalue weighted by atomic mass is 10.1. The molecule has 2 rings (SSSR count). The Balaban J connectivity index is 2.38. The van der Waals surface area contributed by atoms with Gasteiger partial charge in [-0.2, -0.15) is 5.10 Å². The highest BCUT2D eigenvalue weighted by molar-refractivity contribution is 5.63. The summed E-state index contributed by atoms with van der Waals surface area (Å²) in [6.45, 7) is 1.91. The maximum Gasteiger partial charge on any atom is 0.136 e. The summed E-state index contributed by atoms with van der Waals surface area (Å²) in [7, 11) is 1.51. The number of H-pyrrole nitrogens is 1. The molecule has 0 aliphatic carbocycles. The molecule has 0 unspecified atom stereocenters. The topological polar surface area (TPSA) is 37.9 Å². The molecule has 0 fully saturated rings. The van der Waals surface area contributed by atoms with E-state index in [-0.39, 0.29) is 5.82 Å². The lowest BCUT2D eigenvalue weighted by Crippen LogP contribution is -1.88. The SMILES string of the molecule is CC=Cc1cc(-c2ccc(OC)cc2F)n[nH]1. The van der Waals surface area contributed by atoms with Gasteiger partial charge in [-0.25, -0.2) is 4.39 Å². The smallest absolute Gasteiger partial charge is 0.136 e. The maximum atomic E-state index is 13.8. The molecule has 3 nitrogen and oxygen atoms in total. The Morgan fingerprint density at radius 1 is 1.35 bits per heavy atom. The summed E-state index contributed by atoms with van der Waals surface area (Å²) in [4.78, 5) is 0. The van der Waals surface area contributed by atoms with E-state index in [0.29, 0.717) is 17.0 Å². The van der Waals surface area contributed by atoms with Crippen molar-refractivity contribution < 1.29 is 9.13 Å². The van der Waals surface area contributed by atoms with E-state index < -0.39 is 0 Å². The minimum absolute atomic E-state index is 0.345. The summed E-state index contributed by atoms with van der Waals surface area (Å²) < 4.78 is 18.7. The second kappa shape index (κ2) is 4.82. The third-order valence-corrected chi connectivity index (χ3v) is 2.40. The van der Waals surface area contributed by atoms with Crippen LogP contribution in [0.15, 0.2) is 30.3 Å². The first-order valence-electron chi connectivity index (χ1n) is 5.26. The number of aromatic nitrogens is 2. The average Bonchev–Trinajstić information content (AvgIpc) is 2.78. The Hall–Kier alpha value is -2.10. The number of nitrogens with zero attached hydrogens (tertiary/aromatic N) is 1. The van der Waals surface area contributed by atoms with Gasteiger partial charge >= 0.3 is 0 Å². The van der Waals surface area contributed by atoms with Crippen molar-refractivity contribution in [3.8, 4) is 17.0 Å². The number of allylic oxidation sites excluding steroid dienone is 1. The molecule has 1 N–H and O–H groups in total. The fourth-order valence-electron chi connectivity index (χ4n) is 1.57. The first kappa shape index (κ1) is 11.4. The number of ether oxygens (including phenoxy) is 1. The van der Waals surface area contributed by atoms with Crippen LogP contribution in [0, 0.1) is 5.82 Å². The molecule has 0 aliphatic heterocycles. The number of aromatic amines is 1. The van der Waals surface area contributed by atoms with Gasteiger partial charge in [0.2, 0.25) is 0 Å². The predicted molar refractivity (Wildman–Crippen MR) is 65.2 cm³/mol. The molecule has 0 amide bonds. The van der Waals surface area contributed by atoms with Gasteiger partial charge in [0.05, 0.1) is 18.5 Å². The van der Waals surface area contributed by atoms with E-state index in [9.17, 15) is 4.39 Å². The number of nitrogens with one attached hydrogen (secondary N) is 1. The Bertz CT molecular complexity index is 546. The molecule has 0 spiro atoms. The third-order valence-electron chi connectivity index (χ3n) is 2.40. The van der Waals surface area contributed by atoms with Gasteiger partial charge in [0.25, 0.3) is 0 Å². The molecular weight excluding hydrogens is 219 g/mol. The van der Waals surface area contributed by atoms with Crippen LogP contribution in [0.2, 0.25) is 0 Å². The van der Waals surface area contributed by atoms with Gasteiger partial charge < -0.3 is 4.74 Å². The van der Waals surface area contributed by atoms with E-state index in [1.165, 1.54) is 13.2 Å². The minimum Gasteiger partial charge on any atom is -0.497 e. The fraction of sp³-hybridized carbons (Fsp3) is 0.154. The number of benzene rings is 1. The van der Waals surface area contributed by atoms with Crippen LogP contribution >= 0.6 is 0 Å². The summed E-state index contributed by atoms with van der Waals surface area (Å²) in [5.74, 6) is 0.151. The fourth-order valence-corrected chi connectivity index (χ4v) is 1.57. The molecule has 0 atom stereocenters. The van der Waals surface area contributed by atoms with Crippen molar-refractivity contribution in [3.05, 3.63) is 41.9 Å². The predicted octanol–water partition coefficient (Wildman–Crippen LogP) is 3.26. The quantitative estimate of drug-likeness (QED) is 0.882. The van der Waals surface area contributed by atoms with Crippen LogP contribution in [0.3, 0.4) is 0 Å². The second-order valence-electron chi connectivity index (χ2n) is 3.55. The number of hydrogen-bond donors (Lipinski definition) is 1. The van der Waals surface area contributed by atoms with Crippen molar-refractivity contribution in [1.82, 2.24) is 10.2 Å². The Morgan fingerprint density at radius 2 is 2.18 bits per heavy atom. The van der Waals surface area contributed by atoms with Crippen molar-refractivity contribution in [2.45, 2.75) is 6.92 Å². The van der Waals surface area contributed by atoms with E-state index in [4.69, 9.17) is 4.74 Å². The van der Waals surface area contributed by atoms with E-state index >= 15 is 0 Å². The van der Waals surface area contributed by atoms with Crippen LogP contribution in [0.1, 0.15) is 12.6 Å². The van der Waals surface area contributed by atoms with E-state index in [2.05, 4.69) is 10.2 Å². The molecule has 0 bridgehead atoms. The third kappa shape index (κ3) is 2.36. The van der Waals surface area contributed by atoms with Gasteiger partial charge in [-0.3, -0.25) is 5.10 Å². The standard InChI is InChI=1S/C13H13FN2O/c1-3-4-9-7-13(16-15-9)11-6-5-10(17-2)8-12(11)14/h3-8H,1-2H3,(H,15,16). The van der Waals surface area contributed by atoms with Crippen molar-refractivity contribution in [2.24, 2.45) is 0 Å². The molecular formula is C13H13FN2O. The molecule has 0 saturated heterocycles. The highest BCUT2D eigenvalue weighted by Gasteiger charge is 2.09. The molecule has 4 heteroatoms. The van der Waals surface area contributed by atoms with Crippen LogP contribution in [-0.2, 0) is 0 Å². The molecule has 1 aromatic heterocycles. The zero-order valence-corrected chi connectivity index (χ0v) is 9.70. The van der Waals surface area contributed by atoms with Crippen LogP contribution in [0.4, 0.5) is 4.39 Å². The Morgan fingerprint density at radius 3 is 2.82 bits per heavy atom. The monoisotopic (exact) mass is 232 g/mol. The Labute approximate surface area is 98.9 Å². The molecule has 17 heavy (non-hydrogen) atoms. The second-order valence-corrected chi connectivity index (χ2v) is 3.55. The number of rotatable bonds is 3. The lowest BCUT2D eigenvalue weighted by Gasteiger charge is -2.02. The number of methoxy groups -OCH3 is 1. The van der Waals surface area contributed by atoms with E-state index in [1.807, 2.05) is 19.1 Å². The van der Waals surface area contributed by atoms with Crippen LogP contribution in [0.25, 0.3) is 17.3 Å². The van der Waals surface area contributed by atoms with E-state index in [1.54, 1.807) is 18.2 Å². The normalized spacial score (nSPS) is 11.0. The van der Waals surface area contributed by atoms with Crippen molar-refractivity contribution in [3.63, 3.8) is 0 Å². The van der Waals surface area contributed by atoms with Crippen molar-refractivity contribution in [2.75, 3.05) is 7.11 Å². The van der Waals surface area contributed by atoms with E-state index in [0.717, 1.165) is 5.69 Å². The van der Waals surface area contributed by atoms with Gasteiger partial charge in [0.1, 0.15) is 11.6 Å². The highest BCUT2D eigenvalue weighted by atomic mass is 19.1. The van der Waals surface area contributed by atoms with Gasteiger partial charge in [-0.15, -0.1) is 0 Å². The summed E-state index contributed by atoms with van der Waals surface area (Å²) in [5, 5.41) is 6.89. The zero-order valence-electron chi connectivity index (χ0n) is 9.70. The van der Waals surface area contributed by atoms with Crippen LogP contribution in [0.5, 0.6) is 5.75 Å². The van der Waals surface area contributed by atoms with Crippen LogP contribution in [-0.4, -0.2) is 17.3 Å². The maximum absolute atomic E-state index is 13.8. The summed E-state index contributed by atoms with van der Waals surface area (Å²) in [6, 6.07) is 6.51. The molecule has 88 valence electrons. The van der Waals surface area contributed by atoms with Gasteiger partial charge in [-0.05, 0) is 31.2 Å². The summed E-state index contributed by atoms with van der Waals surface area (Å²) >= 11 is 0.